The predicted molar refractivity (Wildman–Crippen MR) is 119 cm³/mol. The average Bonchev–Trinajstić information content (AvgIpc) is 2.71. The maximum atomic E-state index is 11.1. The molecule has 1 aromatic rings. The van der Waals surface area contributed by atoms with Crippen LogP contribution in [0, 0.1) is 0 Å². The molecule has 1 rings (SSSR count). The van der Waals surface area contributed by atoms with Crippen molar-refractivity contribution in [3.63, 3.8) is 0 Å². The highest BCUT2D eigenvalue weighted by atomic mass is 16.5. The van der Waals surface area contributed by atoms with E-state index in [1.165, 1.54) is 44.9 Å². The molecular formula is C25H42O4. The lowest BCUT2D eigenvalue weighted by molar-refractivity contribution is -0.140. The molecule has 0 bridgehead atoms. The highest BCUT2D eigenvalue weighted by Gasteiger charge is 2.14. The monoisotopic (exact) mass is 406 g/mol. The molecule has 0 saturated heterocycles. The Labute approximate surface area is 177 Å². The number of carbonyl (C=O) groups is 1. The van der Waals surface area contributed by atoms with E-state index in [0.29, 0.717) is 6.61 Å². The third-order valence-corrected chi connectivity index (χ3v) is 5.44. The molecule has 0 aliphatic carbocycles. The van der Waals surface area contributed by atoms with E-state index in [2.05, 4.69) is 6.92 Å². The van der Waals surface area contributed by atoms with Crippen molar-refractivity contribution < 1.29 is 19.7 Å². The molecule has 0 aromatic heterocycles. The first kappa shape index (κ1) is 25.6. The summed E-state index contributed by atoms with van der Waals surface area (Å²) in [5, 5.41) is 19.3. The molecule has 0 amide bonds. The molecule has 0 aliphatic rings. The van der Waals surface area contributed by atoms with Gasteiger partial charge in [0.2, 0.25) is 0 Å². The molecule has 0 radical (unpaired) electrons. The van der Waals surface area contributed by atoms with Gasteiger partial charge in [0.1, 0.15) is 0 Å². The Hall–Kier alpha value is -1.39. The van der Waals surface area contributed by atoms with Gasteiger partial charge < -0.3 is 14.9 Å². The number of aliphatic hydroxyl groups is 1. The van der Waals surface area contributed by atoms with Crippen molar-refractivity contribution in [2.75, 3.05) is 0 Å². The summed E-state index contributed by atoms with van der Waals surface area (Å²) < 4.78 is 5.83. The molecule has 1 aromatic carbocycles. The predicted octanol–water partition coefficient (Wildman–Crippen LogP) is 6.50. The fourth-order valence-corrected chi connectivity index (χ4v) is 3.64. The second-order valence-electron chi connectivity index (χ2n) is 8.22. The maximum absolute atomic E-state index is 11.1. The van der Waals surface area contributed by atoms with Crippen LogP contribution in [0.15, 0.2) is 30.3 Å². The molecule has 0 heterocycles. The molecule has 4 nitrogen and oxygen atoms in total. The number of aliphatic carboxylic acids is 1. The van der Waals surface area contributed by atoms with Gasteiger partial charge in [-0.3, -0.25) is 4.79 Å². The lowest BCUT2D eigenvalue weighted by Gasteiger charge is -2.17. The first-order valence-corrected chi connectivity index (χ1v) is 11.7. The minimum absolute atomic E-state index is 0.0354. The molecule has 2 N–H and O–H groups in total. The summed E-state index contributed by atoms with van der Waals surface area (Å²) in [4.78, 5) is 11.1. The zero-order chi connectivity index (χ0) is 21.2. The Morgan fingerprint density at radius 3 is 2.03 bits per heavy atom. The number of ether oxygens (including phenoxy) is 1. The van der Waals surface area contributed by atoms with Gasteiger partial charge in [0, 0.05) is 0 Å². The van der Waals surface area contributed by atoms with Gasteiger partial charge in [0.05, 0.1) is 25.2 Å². The van der Waals surface area contributed by atoms with Crippen LogP contribution in [-0.4, -0.2) is 28.4 Å². The van der Waals surface area contributed by atoms with Crippen molar-refractivity contribution in [2.24, 2.45) is 0 Å². The van der Waals surface area contributed by atoms with Crippen LogP contribution in [0.5, 0.6) is 0 Å². The van der Waals surface area contributed by atoms with Crippen LogP contribution < -0.4 is 0 Å². The summed E-state index contributed by atoms with van der Waals surface area (Å²) >= 11 is 0. The van der Waals surface area contributed by atoms with E-state index in [4.69, 9.17) is 9.84 Å². The van der Waals surface area contributed by atoms with Gasteiger partial charge >= 0.3 is 5.97 Å². The molecule has 0 aliphatic heterocycles. The summed E-state index contributed by atoms with van der Waals surface area (Å²) in [6.45, 7) is 2.69. The second kappa shape index (κ2) is 17.5. The average molecular weight is 407 g/mol. The third-order valence-electron chi connectivity index (χ3n) is 5.44. The molecule has 29 heavy (non-hydrogen) atoms. The van der Waals surface area contributed by atoms with Gasteiger partial charge in [-0.15, -0.1) is 0 Å². The molecule has 4 heteroatoms. The maximum Gasteiger partial charge on any atom is 0.305 e. The van der Waals surface area contributed by atoms with E-state index in [1.807, 2.05) is 30.3 Å². The lowest BCUT2D eigenvalue weighted by Crippen LogP contribution is -2.18. The van der Waals surface area contributed by atoms with Crippen molar-refractivity contribution in [1.29, 1.82) is 0 Å². The zero-order valence-electron chi connectivity index (χ0n) is 18.4. The van der Waals surface area contributed by atoms with Crippen molar-refractivity contribution in [1.82, 2.24) is 0 Å². The van der Waals surface area contributed by atoms with Crippen LogP contribution in [0.1, 0.15) is 102 Å². The smallest absolute Gasteiger partial charge is 0.305 e. The number of carboxylic acids is 1. The highest BCUT2D eigenvalue weighted by molar-refractivity contribution is 5.67. The second-order valence-corrected chi connectivity index (χ2v) is 8.22. The van der Waals surface area contributed by atoms with Gasteiger partial charge in [-0.05, 0) is 24.8 Å². The van der Waals surface area contributed by atoms with E-state index in [1.54, 1.807) is 0 Å². The molecule has 2 atom stereocenters. The van der Waals surface area contributed by atoms with Gasteiger partial charge in [-0.1, -0.05) is 101 Å². The van der Waals surface area contributed by atoms with Gasteiger partial charge in [0.25, 0.3) is 0 Å². The van der Waals surface area contributed by atoms with Gasteiger partial charge in [-0.2, -0.15) is 0 Å². The number of unbranched alkanes of at least 4 members (excludes halogenated alkanes) is 8. The normalized spacial score (nSPS) is 13.3. The quantitative estimate of drug-likeness (QED) is 0.257. The Bertz CT molecular complexity index is 503. The van der Waals surface area contributed by atoms with Crippen molar-refractivity contribution in [3.8, 4) is 0 Å². The largest absolute Gasteiger partial charge is 0.481 e. The van der Waals surface area contributed by atoms with E-state index >= 15 is 0 Å². The molecule has 0 spiro atoms. The van der Waals surface area contributed by atoms with Crippen molar-refractivity contribution >= 4 is 5.97 Å². The summed E-state index contributed by atoms with van der Waals surface area (Å²) in [5.74, 6) is -0.821. The number of rotatable bonds is 19. The van der Waals surface area contributed by atoms with Crippen LogP contribution in [-0.2, 0) is 16.1 Å². The summed E-state index contributed by atoms with van der Waals surface area (Å²) in [5.41, 5.74) is 1.06. The van der Waals surface area contributed by atoms with Crippen LogP contribution >= 0.6 is 0 Å². The Balaban J connectivity index is 2.08. The van der Waals surface area contributed by atoms with E-state index in [0.717, 1.165) is 44.1 Å². The third kappa shape index (κ3) is 15.2. The summed E-state index contributed by atoms with van der Waals surface area (Å²) in [7, 11) is 0. The first-order valence-electron chi connectivity index (χ1n) is 11.7. The fourth-order valence-electron chi connectivity index (χ4n) is 3.64. The number of carboxylic acid groups (broad SMARTS) is 1. The Kier molecular flexibility index (Phi) is 15.4. The molecule has 166 valence electrons. The van der Waals surface area contributed by atoms with Crippen molar-refractivity contribution in [2.45, 2.75) is 116 Å². The van der Waals surface area contributed by atoms with Crippen LogP contribution in [0.3, 0.4) is 0 Å². The zero-order valence-corrected chi connectivity index (χ0v) is 18.4. The highest BCUT2D eigenvalue weighted by Crippen LogP contribution is 2.16. The standard InChI is InChI=1S/C25H42O4/c1-2-3-4-5-6-7-8-12-17-23(26)18-13-14-19-24(20-25(27)28)29-21-22-15-10-9-11-16-22/h9-11,15-16,23-24,26H,2-8,12-14,17-21H2,1H3,(H,27,28). The number of hydrogen-bond acceptors (Lipinski definition) is 3. The topological polar surface area (TPSA) is 66.8 Å². The van der Waals surface area contributed by atoms with Crippen LogP contribution in [0.2, 0.25) is 0 Å². The van der Waals surface area contributed by atoms with Crippen LogP contribution in [0.4, 0.5) is 0 Å². The first-order chi connectivity index (χ1) is 14.1. The number of aliphatic hydroxyl groups excluding tert-OH is 1. The SMILES string of the molecule is CCCCCCCCCCC(O)CCCCC(CC(=O)O)OCc1ccccc1. The van der Waals surface area contributed by atoms with Gasteiger partial charge in [-0.25, -0.2) is 0 Å². The minimum Gasteiger partial charge on any atom is -0.481 e. The number of benzene rings is 1. The van der Waals surface area contributed by atoms with Crippen molar-refractivity contribution in [3.05, 3.63) is 35.9 Å². The summed E-state index contributed by atoms with van der Waals surface area (Å²) in [6.07, 6.45) is 14.1. The Morgan fingerprint density at radius 2 is 1.41 bits per heavy atom. The Morgan fingerprint density at radius 1 is 0.862 bits per heavy atom. The molecule has 0 fully saturated rings. The van der Waals surface area contributed by atoms with E-state index in [9.17, 15) is 9.90 Å². The molecule has 2 unspecified atom stereocenters. The van der Waals surface area contributed by atoms with Gasteiger partial charge in [0.15, 0.2) is 0 Å². The fraction of sp³-hybridized carbons (Fsp3) is 0.720. The van der Waals surface area contributed by atoms with Crippen LogP contribution in [0.25, 0.3) is 0 Å². The van der Waals surface area contributed by atoms with E-state index < -0.39 is 5.97 Å². The summed E-state index contributed by atoms with van der Waals surface area (Å²) in [6, 6.07) is 9.84. The minimum atomic E-state index is -0.821. The molecular weight excluding hydrogens is 364 g/mol. The van der Waals surface area contributed by atoms with E-state index in [-0.39, 0.29) is 18.6 Å². The number of hydrogen-bond donors (Lipinski definition) is 2. The lowest BCUT2D eigenvalue weighted by atomic mass is 10.0. The molecule has 0 saturated carbocycles.